The third-order valence-corrected chi connectivity index (χ3v) is 6.06. The normalized spacial score (nSPS) is 21.1. The molecule has 0 saturated carbocycles. The molecule has 0 bridgehead atoms. The quantitative estimate of drug-likeness (QED) is 0.927. The van der Waals surface area contributed by atoms with Crippen molar-refractivity contribution in [3.05, 3.63) is 28.8 Å². The fourth-order valence-corrected chi connectivity index (χ4v) is 4.65. The number of benzene rings is 1. The Morgan fingerprint density at radius 1 is 1.45 bits per heavy atom. The van der Waals surface area contributed by atoms with Crippen LogP contribution in [-0.4, -0.2) is 38.4 Å². The topological polar surface area (TPSA) is 49.4 Å². The summed E-state index contributed by atoms with van der Waals surface area (Å²) in [7, 11) is -3.52. The maximum Gasteiger partial charge on any atom is 0.244 e. The van der Waals surface area contributed by atoms with Crippen molar-refractivity contribution in [3.8, 4) is 0 Å². The van der Waals surface area contributed by atoms with Gasteiger partial charge in [-0.1, -0.05) is 31.0 Å². The molecule has 1 aliphatic heterocycles. The summed E-state index contributed by atoms with van der Waals surface area (Å²) in [6, 6.07) is 5.24. The SMILES string of the molecule is CCCc1ccc(Cl)c(S(=O)(=O)N2CCNCC2C)c1. The maximum atomic E-state index is 12.8. The molecule has 1 unspecified atom stereocenters. The van der Waals surface area contributed by atoms with E-state index in [0.29, 0.717) is 24.7 Å². The van der Waals surface area contributed by atoms with Crippen molar-refractivity contribution >= 4 is 21.6 Å². The van der Waals surface area contributed by atoms with E-state index in [0.717, 1.165) is 18.4 Å². The Morgan fingerprint density at radius 3 is 2.85 bits per heavy atom. The van der Waals surface area contributed by atoms with Gasteiger partial charge in [-0.15, -0.1) is 0 Å². The number of aryl methyl sites for hydroxylation is 1. The number of nitrogens with zero attached hydrogens (tertiary/aromatic N) is 1. The first-order valence-electron chi connectivity index (χ1n) is 6.97. The van der Waals surface area contributed by atoms with Gasteiger partial charge in [-0.25, -0.2) is 8.42 Å². The second-order valence-electron chi connectivity index (χ2n) is 5.18. The Morgan fingerprint density at radius 2 is 2.20 bits per heavy atom. The van der Waals surface area contributed by atoms with Crippen LogP contribution in [0.1, 0.15) is 25.8 Å². The zero-order chi connectivity index (χ0) is 14.8. The summed E-state index contributed by atoms with van der Waals surface area (Å²) < 4.78 is 27.1. The molecule has 1 aromatic carbocycles. The summed E-state index contributed by atoms with van der Waals surface area (Å²) in [6.45, 7) is 5.81. The number of hydrogen-bond donors (Lipinski definition) is 1. The van der Waals surface area contributed by atoms with Crippen molar-refractivity contribution in [2.24, 2.45) is 0 Å². The third kappa shape index (κ3) is 3.17. The molecule has 1 saturated heterocycles. The highest BCUT2D eigenvalue weighted by Crippen LogP contribution is 2.27. The molecule has 112 valence electrons. The Balaban J connectivity index is 2.40. The summed E-state index contributed by atoms with van der Waals surface area (Å²) >= 11 is 6.13. The van der Waals surface area contributed by atoms with Gasteiger partial charge in [0.25, 0.3) is 0 Å². The van der Waals surface area contributed by atoms with Crippen molar-refractivity contribution in [3.63, 3.8) is 0 Å². The van der Waals surface area contributed by atoms with Crippen molar-refractivity contribution in [2.45, 2.75) is 37.6 Å². The lowest BCUT2D eigenvalue weighted by Gasteiger charge is -2.33. The molecule has 0 spiro atoms. The first-order chi connectivity index (χ1) is 9.46. The molecule has 1 heterocycles. The molecular weight excluding hydrogens is 296 g/mol. The first-order valence-corrected chi connectivity index (χ1v) is 8.79. The van der Waals surface area contributed by atoms with E-state index in [-0.39, 0.29) is 10.9 Å². The average Bonchev–Trinajstić information content (AvgIpc) is 2.41. The number of sulfonamides is 1. The fraction of sp³-hybridized carbons (Fsp3) is 0.571. The van der Waals surface area contributed by atoms with E-state index in [9.17, 15) is 8.42 Å². The van der Waals surface area contributed by atoms with Gasteiger partial charge in [0.05, 0.1) is 5.02 Å². The molecule has 1 N–H and O–H groups in total. The van der Waals surface area contributed by atoms with Crippen LogP contribution in [0.5, 0.6) is 0 Å². The molecule has 0 amide bonds. The van der Waals surface area contributed by atoms with E-state index >= 15 is 0 Å². The van der Waals surface area contributed by atoms with Gasteiger partial charge in [-0.2, -0.15) is 4.31 Å². The van der Waals surface area contributed by atoms with Crippen molar-refractivity contribution in [2.75, 3.05) is 19.6 Å². The molecule has 1 fully saturated rings. The first kappa shape index (κ1) is 15.8. The molecule has 0 radical (unpaired) electrons. The van der Waals surface area contributed by atoms with Crippen LogP contribution in [0.2, 0.25) is 5.02 Å². The van der Waals surface area contributed by atoms with Crippen LogP contribution in [0.25, 0.3) is 0 Å². The molecule has 1 aromatic rings. The lowest BCUT2D eigenvalue weighted by Crippen LogP contribution is -2.52. The summed E-state index contributed by atoms with van der Waals surface area (Å²) in [5.74, 6) is 0. The van der Waals surface area contributed by atoms with Gasteiger partial charge < -0.3 is 5.32 Å². The van der Waals surface area contributed by atoms with E-state index in [1.807, 2.05) is 13.0 Å². The van der Waals surface area contributed by atoms with Gasteiger partial charge >= 0.3 is 0 Å². The molecule has 2 rings (SSSR count). The number of piperazine rings is 1. The number of halogens is 1. The summed E-state index contributed by atoms with van der Waals surface area (Å²) in [5, 5.41) is 3.50. The minimum atomic E-state index is -3.52. The predicted molar refractivity (Wildman–Crippen MR) is 81.7 cm³/mol. The molecule has 20 heavy (non-hydrogen) atoms. The number of rotatable bonds is 4. The maximum absolute atomic E-state index is 12.8. The largest absolute Gasteiger partial charge is 0.314 e. The van der Waals surface area contributed by atoms with E-state index in [4.69, 9.17) is 11.6 Å². The second-order valence-corrected chi connectivity index (χ2v) is 7.45. The highest BCUT2D eigenvalue weighted by atomic mass is 35.5. The monoisotopic (exact) mass is 316 g/mol. The smallest absolute Gasteiger partial charge is 0.244 e. The van der Waals surface area contributed by atoms with E-state index in [1.165, 1.54) is 0 Å². The zero-order valence-electron chi connectivity index (χ0n) is 11.9. The van der Waals surface area contributed by atoms with Crippen LogP contribution in [0.3, 0.4) is 0 Å². The van der Waals surface area contributed by atoms with Crippen molar-refractivity contribution < 1.29 is 8.42 Å². The Hall–Kier alpha value is -0.620. The molecule has 0 aliphatic carbocycles. The van der Waals surface area contributed by atoms with E-state index in [1.54, 1.807) is 16.4 Å². The Kier molecular flexibility index (Phi) is 5.07. The molecule has 1 aliphatic rings. The van der Waals surface area contributed by atoms with Crippen LogP contribution in [-0.2, 0) is 16.4 Å². The average molecular weight is 317 g/mol. The Labute approximate surface area is 126 Å². The molecular formula is C14H21ClN2O2S. The highest BCUT2D eigenvalue weighted by Gasteiger charge is 2.32. The van der Waals surface area contributed by atoms with E-state index in [2.05, 4.69) is 12.2 Å². The summed E-state index contributed by atoms with van der Waals surface area (Å²) in [4.78, 5) is 0.235. The number of nitrogens with one attached hydrogen (secondary N) is 1. The predicted octanol–water partition coefficient (Wildman–Crippen LogP) is 2.27. The van der Waals surface area contributed by atoms with Crippen LogP contribution in [0.4, 0.5) is 0 Å². The van der Waals surface area contributed by atoms with Crippen molar-refractivity contribution in [1.82, 2.24) is 9.62 Å². The fourth-order valence-electron chi connectivity index (χ4n) is 2.50. The van der Waals surface area contributed by atoms with Crippen molar-refractivity contribution in [1.29, 1.82) is 0 Å². The summed E-state index contributed by atoms with van der Waals surface area (Å²) in [6.07, 6.45) is 1.84. The van der Waals surface area contributed by atoms with E-state index < -0.39 is 10.0 Å². The van der Waals surface area contributed by atoms with Crippen LogP contribution >= 0.6 is 11.6 Å². The second kappa shape index (κ2) is 6.43. The van der Waals surface area contributed by atoms with Crippen LogP contribution in [0, 0.1) is 0 Å². The zero-order valence-corrected chi connectivity index (χ0v) is 13.5. The van der Waals surface area contributed by atoms with Gasteiger partial charge in [-0.05, 0) is 31.0 Å². The molecule has 4 nitrogen and oxygen atoms in total. The van der Waals surface area contributed by atoms with Gasteiger partial charge in [0, 0.05) is 25.7 Å². The van der Waals surface area contributed by atoms with Crippen LogP contribution < -0.4 is 5.32 Å². The lowest BCUT2D eigenvalue weighted by atomic mass is 10.1. The molecule has 0 aromatic heterocycles. The highest BCUT2D eigenvalue weighted by molar-refractivity contribution is 7.89. The Bertz CT molecular complexity index is 575. The standard InChI is InChI=1S/C14H21ClN2O2S/c1-3-4-12-5-6-13(15)14(9-12)20(18,19)17-8-7-16-10-11(17)2/h5-6,9,11,16H,3-4,7-8,10H2,1-2H3. The number of hydrogen-bond acceptors (Lipinski definition) is 3. The summed E-state index contributed by atoms with van der Waals surface area (Å²) in [5.41, 5.74) is 1.01. The lowest BCUT2D eigenvalue weighted by molar-refractivity contribution is 0.284. The van der Waals surface area contributed by atoms with Gasteiger partial charge in [-0.3, -0.25) is 0 Å². The minimum absolute atomic E-state index is 0.0559. The third-order valence-electron chi connectivity index (χ3n) is 3.56. The van der Waals surface area contributed by atoms with Gasteiger partial charge in [0.2, 0.25) is 10.0 Å². The molecule has 1 atom stereocenters. The van der Waals surface area contributed by atoms with Crippen LogP contribution in [0.15, 0.2) is 23.1 Å². The molecule has 6 heteroatoms. The van der Waals surface area contributed by atoms with Gasteiger partial charge in [0.1, 0.15) is 4.90 Å². The van der Waals surface area contributed by atoms with Gasteiger partial charge in [0.15, 0.2) is 0 Å². The minimum Gasteiger partial charge on any atom is -0.314 e.